The first kappa shape index (κ1) is 15.8. The molecule has 21 heavy (non-hydrogen) atoms. The second kappa shape index (κ2) is 8.03. The van der Waals surface area contributed by atoms with Crippen LogP contribution in [-0.2, 0) is 9.53 Å². The lowest BCUT2D eigenvalue weighted by atomic mass is 10.0. The van der Waals surface area contributed by atoms with Crippen molar-refractivity contribution in [2.24, 2.45) is 0 Å². The molecule has 0 radical (unpaired) electrons. The first-order valence-electron chi connectivity index (χ1n) is 7.81. The summed E-state index contributed by atoms with van der Waals surface area (Å²) in [5.41, 5.74) is 1.14. The normalized spacial score (nSPS) is 19.2. The molecule has 0 N–H and O–H groups in total. The lowest BCUT2D eigenvalue weighted by molar-refractivity contribution is -0.151. The van der Waals surface area contributed by atoms with Crippen LogP contribution in [0.3, 0.4) is 0 Å². The van der Waals surface area contributed by atoms with E-state index < -0.39 is 0 Å². The molecule has 0 aliphatic carbocycles. The van der Waals surface area contributed by atoms with E-state index in [-0.39, 0.29) is 12.0 Å². The summed E-state index contributed by atoms with van der Waals surface area (Å²) in [7, 11) is 0. The maximum atomic E-state index is 12.0. The van der Waals surface area contributed by atoms with Crippen LogP contribution >= 0.6 is 0 Å². The second-order valence-corrected chi connectivity index (χ2v) is 5.41. The van der Waals surface area contributed by atoms with Crippen molar-refractivity contribution in [3.05, 3.63) is 29.8 Å². The third kappa shape index (κ3) is 4.46. The molecule has 1 heterocycles. The van der Waals surface area contributed by atoms with Gasteiger partial charge in [0.1, 0.15) is 18.4 Å². The smallest absolute Gasteiger partial charge is 0.323 e. The Bertz CT molecular complexity index is 461. The minimum absolute atomic E-state index is 0.0897. The molecule has 1 saturated heterocycles. The number of para-hydroxylation sites is 1. The Balaban J connectivity index is 1.85. The summed E-state index contributed by atoms with van der Waals surface area (Å²) in [4.78, 5) is 14.2. The molecule has 2 rings (SSSR count). The Morgan fingerprint density at radius 3 is 2.90 bits per heavy atom. The monoisotopic (exact) mass is 291 g/mol. The summed E-state index contributed by atoms with van der Waals surface area (Å²) in [6.07, 6.45) is 3.13. The van der Waals surface area contributed by atoms with E-state index in [4.69, 9.17) is 9.47 Å². The van der Waals surface area contributed by atoms with Gasteiger partial charge >= 0.3 is 5.97 Å². The molecule has 4 heteroatoms. The minimum atomic E-state index is -0.0980. The number of carbonyl (C=O) groups is 1. The van der Waals surface area contributed by atoms with Crippen molar-refractivity contribution < 1.29 is 14.3 Å². The third-order valence-corrected chi connectivity index (χ3v) is 3.90. The number of hydrogen-bond acceptors (Lipinski definition) is 4. The van der Waals surface area contributed by atoms with Gasteiger partial charge < -0.3 is 9.47 Å². The number of piperidine rings is 1. The molecule has 1 fully saturated rings. The predicted octanol–water partition coefficient (Wildman–Crippen LogP) is 2.79. The van der Waals surface area contributed by atoms with Gasteiger partial charge in [0.05, 0.1) is 6.61 Å². The summed E-state index contributed by atoms with van der Waals surface area (Å²) >= 11 is 0. The molecule has 1 atom stereocenters. The lowest BCUT2D eigenvalue weighted by Gasteiger charge is -2.33. The molecule has 0 spiro atoms. The van der Waals surface area contributed by atoms with Crippen LogP contribution < -0.4 is 4.74 Å². The molecule has 1 aliphatic rings. The van der Waals surface area contributed by atoms with E-state index in [9.17, 15) is 4.79 Å². The molecule has 0 saturated carbocycles. The maximum absolute atomic E-state index is 12.0. The highest BCUT2D eigenvalue weighted by molar-refractivity contribution is 5.75. The summed E-state index contributed by atoms with van der Waals surface area (Å²) in [6.45, 7) is 6.64. The Labute approximate surface area is 127 Å². The average Bonchev–Trinajstić information content (AvgIpc) is 2.50. The topological polar surface area (TPSA) is 38.8 Å². The number of rotatable bonds is 6. The van der Waals surface area contributed by atoms with Crippen molar-refractivity contribution in [3.63, 3.8) is 0 Å². The predicted molar refractivity (Wildman–Crippen MR) is 82.5 cm³/mol. The van der Waals surface area contributed by atoms with Crippen LogP contribution in [0.2, 0.25) is 0 Å². The highest BCUT2D eigenvalue weighted by Crippen LogP contribution is 2.19. The molecule has 1 aromatic carbocycles. The highest BCUT2D eigenvalue weighted by Gasteiger charge is 2.29. The van der Waals surface area contributed by atoms with Gasteiger partial charge in [0.15, 0.2) is 0 Å². The summed E-state index contributed by atoms with van der Waals surface area (Å²) in [5, 5.41) is 0. The fourth-order valence-corrected chi connectivity index (χ4v) is 2.76. The fraction of sp³-hybridized carbons (Fsp3) is 0.588. The fourth-order valence-electron chi connectivity index (χ4n) is 2.76. The Hall–Kier alpha value is -1.55. The molecule has 0 aromatic heterocycles. The van der Waals surface area contributed by atoms with Crippen LogP contribution in [0, 0.1) is 6.92 Å². The van der Waals surface area contributed by atoms with Crippen molar-refractivity contribution in [1.82, 2.24) is 4.90 Å². The van der Waals surface area contributed by atoms with Gasteiger partial charge in [-0.2, -0.15) is 0 Å². The van der Waals surface area contributed by atoms with E-state index in [1.165, 1.54) is 0 Å². The SMILES string of the molecule is CCOC(=O)C1CCCCN1CCOc1ccccc1C. The van der Waals surface area contributed by atoms with Crippen molar-refractivity contribution in [2.45, 2.75) is 39.2 Å². The minimum Gasteiger partial charge on any atom is -0.492 e. The summed E-state index contributed by atoms with van der Waals surface area (Å²) in [5.74, 6) is 0.829. The number of aryl methyl sites for hydroxylation is 1. The molecule has 0 bridgehead atoms. The molecule has 1 aliphatic heterocycles. The zero-order valence-electron chi connectivity index (χ0n) is 13.0. The van der Waals surface area contributed by atoms with Crippen LogP contribution in [-0.4, -0.2) is 43.2 Å². The highest BCUT2D eigenvalue weighted by atomic mass is 16.5. The Morgan fingerprint density at radius 2 is 2.14 bits per heavy atom. The Kier molecular flexibility index (Phi) is 6.05. The van der Waals surface area contributed by atoms with Crippen molar-refractivity contribution in [1.29, 1.82) is 0 Å². The van der Waals surface area contributed by atoms with E-state index >= 15 is 0 Å². The summed E-state index contributed by atoms with van der Waals surface area (Å²) < 4.78 is 11.0. The lowest BCUT2D eigenvalue weighted by Crippen LogP contribution is -2.47. The zero-order chi connectivity index (χ0) is 15.1. The standard InChI is InChI=1S/C17H25NO3/c1-3-20-17(19)15-9-6-7-11-18(15)12-13-21-16-10-5-4-8-14(16)2/h4-5,8,10,15H,3,6-7,9,11-13H2,1-2H3. The quantitative estimate of drug-likeness (QED) is 0.756. The number of likely N-dealkylation sites (tertiary alicyclic amines) is 1. The largest absolute Gasteiger partial charge is 0.492 e. The van der Waals surface area contributed by atoms with Gasteiger partial charge in [0, 0.05) is 6.54 Å². The van der Waals surface area contributed by atoms with E-state index in [1.807, 2.05) is 38.1 Å². The van der Waals surface area contributed by atoms with Crippen LogP contribution in [0.25, 0.3) is 0 Å². The van der Waals surface area contributed by atoms with Gasteiger partial charge in [-0.1, -0.05) is 24.6 Å². The van der Waals surface area contributed by atoms with Crippen molar-refractivity contribution in [3.8, 4) is 5.75 Å². The molecule has 1 aromatic rings. The van der Waals surface area contributed by atoms with Crippen LogP contribution in [0.4, 0.5) is 0 Å². The molecule has 1 unspecified atom stereocenters. The number of hydrogen-bond donors (Lipinski definition) is 0. The van der Waals surface area contributed by atoms with Gasteiger partial charge in [-0.3, -0.25) is 9.69 Å². The van der Waals surface area contributed by atoms with Crippen LogP contribution in [0.1, 0.15) is 31.7 Å². The molecule has 0 amide bonds. The van der Waals surface area contributed by atoms with E-state index in [2.05, 4.69) is 4.90 Å². The van der Waals surface area contributed by atoms with Gasteiger partial charge in [-0.05, 0) is 44.9 Å². The van der Waals surface area contributed by atoms with E-state index in [1.54, 1.807) is 0 Å². The number of esters is 1. The summed E-state index contributed by atoms with van der Waals surface area (Å²) in [6, 6.07) is 7.90. The molecular formula is C17H25NO3. The maximum Gasteiger partial charge on any atom is 0.323 e. The molecule has 4 nitrogen and oxygen atoms in total. The van der Waals surface area contributed by atoms with Crippen molar-refractivity contribution in [2.75, 3.05) is 26.3 Å². The number of benzene rings is 1. The van der Waals surface area contributed by atoms with Crippen LogP contribution in [0.15, 0.2) is 24.3 Å². The van der Waals surface area contributed by atoms with Gasteiger partial charge in [0.25, 0.3) is 0 Å². The van der Waals surface area contributed by atoms with Crippen LogP contribution in [0.5, 0.6) is 5.75 Å². The molecular weight excluding hydrogens is 266 g/mol. The van der Waals surface area contributed by atoms with Gasteiger partial charge in [-0.25, -0.2) is 0 Å². The van der Waals surface area contributed by atoms with E-state index in [0.717, 1.165) is 43.7 Å². The van der Waals surface area contributed by atoms with Crippen molar-refractivity contribution >= 4 is 5.97 Å². The third-order valence-electron chi connectivity index (χ3n) is 3.90. The first-order chi connectivity index (χ1) is 10.2. The second-order valence-electron chi connectivity index (χ2n) is 5.41. The molecule has 116 valence electrons. The number of carbonyl (C=O) groups excluding carboxylic acids is 1. The Morgan fingerprint density at radius 1 is 1.33 bits per heavy atom. The first-order valence-corrected chi connectivity index (χ1v) is 7.81. The number of nitrogens with zero attached hydrogens (tertiary/aromatic N) is 1. The van der Waals surface area contributed by atoms with Gasteiger partial charge in [-0.15, -0.1) is 0 Å². The van der Waals surface area contributed by atoms with Gasteiger partial charge in [0.2, 0.25) is 0 Å². The zero-order valence-corrected chi connectivity index (χ0v) is 13.0. The average molecular weight is 291 g/mol. The van der Waals surface area contributed by atoms with E-state index in [0.29, 0.717) is 13.2 Å². The number of ether oxygens (including phenoxy) is 2.